The van der Waals surface area contributed by atoms with Gasteiger partial charge in [-0.2, -0.15) is 0 Å². The van der Waals surface area contributed by atoms with Crippen LogP contribution >= 0.6 is 0 Å². The first-order chi connectivity index (χ1) is 9.78. The number of amides is 1. The van der Waals surface area contributed by atoms with Crippen LogP contribution < -0.4 is 0 Å². The second-order valence-corrected chi connectivity index (χ2v) is 5.92. The van der Waals surface area contributed by atoms with E-state index in [9.17, 15) is 18.0 Å². The summed E-state index contributed by atoms with van der Waals surface area (Å²) in [5.74, 6) is -3.54. The molecule has 21 heavy (non-hydrogen) atoms. The van der Waals surface area contributed by atoms with Gasteiger partial charge in [-0.3, -0.25) is 4.79 Å². The minimum absolute atomic E-state index is 0.166. The van der Waals surface area contributed by atoms with Crippen molar-refractivity contribution in [3.8, 4) is 0 Å². The average molecular weight is 299 g/mol. The summed E-state index contributed by atoms with van der Waals surface area (Å²) in [6.07, 6.45) is -0.0783. The van der Waals surface area contributed by atoms with Gasteiger partial charge in [0.2, 0.25) is 11.8 Å². The van der Waals surface area contributed by atoms with Crippen LogP contribution in [0.15, 0.2) is 18.2 Å². The normalized spacial score (nSPS) is 18.5. The van der Waals surface area contributed by atoms with E-state index in [0.29, 0.717) is 5.56 Å². The van der Waals surface area contributed by atoms with Crippen molar-refractivity contribution in [2.75, 3.05) is 7.05 Å². The smallest absolute Gasteiger partial charge is 0.248 e. The van der Waals surface area contributed by atoms with Gasteiger partial charge in [-0.25, -0.2) is 13.2 Å². The molecule has 1 aromatic carbocycles. The Labute approximate surface area is 122 Å². The maximum atomic E-state index is 13.7. The van der Waals surface area contributed by atoms with Gasteiger partial charge in [0, 0.05) is 37.9 Å². The molecule has 0 bridgehead atoms. The minimum Gasteiger partial charge on any atom is -0.341 e. The van der Waals surface area contributed by atoms with Gasteiger partial charge in [-0.15, -0.1) is 0 Å². The molecule has 0 spiro atoms. The molecule has 1 aliphatic rings. The molecular weight excluding hydrogens is 279 g/mol. The number of aryl methyl sites for hydroxylation is 1. The van der Waals surface area contributed by atoms with Gasteiger partial charge in [-0.05, 0) is 25.8 Å². The van der Waals surface area contributed by atoms with Gasteiger partial charge in [0.15, 0.2) is 0 Å². The van der Waals surface area contributed by atoms with Crippen LogP contribution in [0.3, 0.4) is 0 Å². The van der Waals surface area contributed by atoms with Crippen molar-refractivity contribution >= 4 is 5.91 Å². The van der Waals surface area contributed by atoms with Crippen LogP contribution in [0.4, 0.5) is 13.2 Å². The van der Waals surface area contributed by atoms with Gasteiger partial charge in [-0.1, -0.05) is 17.7 Å². The SMILES string of the molecule is Cc1ccc(F)c(CN(C)C(=O)C2CCC(F)(F)CC2)c1. The van der Waals surface area contributed by atoms with Gasteiger partial charge < -0.3 is 4.90 Å². The van der Waals surface area contributed by atoms with Crippen molar-refractivity contribution in [2.45, 2.75) is 45.1 Å². The molecule has 0 aliphatic heterocycles. The summed E-state index contributed by atoms with van der Waals surface area (Å²) in [5, 5.41) is 0. The van der Waals surface area contributed by atoms with E-state index in [1.807, 2.05) is 6.92 Å². The fourth-order valence-electron chi connectivity index (χ4n) is 2.76. The number of hydrogen-bond acceptors (Lipinski definition) is 1. The van der Waals surface area contributed by atoms with Crippen LogP contribution in [0.2, 0.25) is 0 Å². The second kappa shape index (κ2) is 6.08. The van der Waals surface area contributed by atoms with E-state index in [1.165, 1.54) is 11.0 Å². The molecule has 5 heteroatoms. The third-order valence-corrected chi connectivity index (χ3v) is 4.05. The molecule has 0 heterocycles. The van der Waals surface area contributed by atoms with E-state index in [-0.39, 0.29) is 49.9 Å². The molecule has 0 unspecified atom stereocenters. The third kappa shape index (κ3) is 3.99. The largest absolute Gasteiger partial charge is 0.341 e. The Kier molecular flexibility index (Phi) is 4.59. The summed E-state index contributed by atoms with van der Waals surface area (Å²) in [6, 6.07) is 4.75. The van der Waals surface area contributed by atoms with E-state index in [4.69, 9.17) is 0 Å². The maximum Gasteiger partial charge on any atom is 0.248 e. The summed E-state index contributed by atoms with van der Waals surface area (Å²) in [4.78, 5) is 13.7. The van der Waals surface area contributed by atoms with E-state index in [0.717, 1.165) is 5.56 Å². The summed E-state index contributed by atoms with van der Waals surface area (Å²) < 4.78 is 39.9. The van der Waals surface area contributed by atoms with Crippen LogP contribution in [0.1, 0.15) is 36.8 Å². The fourth-order valence-corrected chi connectivity index (χ4v) is 2.76. The van der Waals surface area contributed by atoms with Crippen LogP contribution in [-0.4, -0.2) is 23.8 Å². The van der Waals surface area contributed by atoms with Crippen LogP contribution in [-0.2, 0) is 11.3 Å². The molecule has 2 nitrogen and oxygen atoms in total. The molecule has 0 N–H and O–H groups in total. The molecular formula is C16H20F3NO. The highest BCUT2D eigenvalue weighted by atomic mass is 19.3. The Morgan fingerprint density at radius 3 is 2.57 bits per heavy atom. The lowest BCUT2D eigenvalue weighted by molar-refractivity contribution is -0.138. The van der Waals surface area contributed by atoms with Crippen molar-refractivity contribution in [1.29, 1.82) is 0 Å². The predicted octanol–water partition coefficient (Wildman–Crippen LogP) is 3.92. The van der Waals surface area contributed by atoms with Gasteiger partial charge in [0.25, 0.3) is 0 Å². The van der Waals surface area contributed by atoms with Crippen molar-refractivity contribution in [3.05, 3.63) is 35.1 Å². The molecule has 0 atom stereocenters. The van der Waals surface area contributed by atoms with Crippen molar-refractivity contribution in [3.63, 3.8) is 0 Å². The molecule has 2 rings (SSSR count). The number of carbonyl (C=O) groups excluding carboxylic acids is 1. The lowest BCUT2D eigenvalue weighted by Gasteiger charge is -2.30. The van der Waals surface area contributed by atoms with Crippen LogP contribution in [0.5, 0.6) is 0 Å². The van der Waals surface area contributed by atoms with E-state index in [2.05, 4.69) is 0 Å². The van der Waals surface area contributed by atoms with E-state index < -0.39 is 5.92 Å². The van der Waals surface area contributed by atoms with Gasteiger partial charge >= 0.3 is 0 Å². The third-order valence-electron chi connectivity index (χ3n) is 4.05. The highest BCUT2D eigenvalue weighted by Gasteiger charge is 2.38. The number of halogens is 3. The summed E-state index contributed by atoms with van der Waals surface area (Å²) in [7, 11) is 1.59. The topological polar surface area (TPSA) is 20.3 Å². The zero-order valence-corrected chi connectivity index (χ0v) is 12.3. The number of rotatable bonds is 3. The monoisotopic (exact) mass is 299 g/mol. The first-order valence-corrected chi connectivity index (χ1v) is 7.16. The predicted molar refractivity (Wildman–Crippen MR) is 74.5 cm³/mol. The molecule has 0 saturated heterocycles. The zero-order valence-electron chi connectivity index (χ0n) is 12.3. The molecule has 1 amide bonds. The van der Waals surface area contributed by atoms with Crippen molar-refractivity contribution < 1.29 is 18.0 Å². The highest BCUT2D eigenvalue weighted by Crippen LogP contribution is 2.36. The Balaban J connectivity index is 1.98. The molecule has 0 aromatic heterocycles. The Bertz CT molecular complexity index is 520. The van der Waals surface area contributed by atoms with Crippen molar-refractivity contribution in [2.24, 2.45) is 5.92 Å². The molecule has 116 valence electrons. The number of hydrogen-bond donors (Lipinski definition) is 0. The maximum absolute atomic E-state index is 13.7. The molecule has 1 aliphatic carbocycles. The Morgan fingerprint density at radius 1 is 1.33 bits per heavy atom. The summed E-state index contributed by atoms with van der Waals surface area (Å²) in [5.41, 5.74) is 1.37. The molecule has 1 saturated carbocycles. The first kappa shape index (κ1) is 15.9. The first-order valence-electron chi connectivity index (χ1n) is 7.16. The lowest BCUT2D eigenvalue weighted by Crippen LogP contribution is -2.37. The fraction of sp³-hybridized carbons (Fsp3) is 0.562. The van der Waals surface area contributed by atoms with Crippen LogP contribution in [0, 0.1) is 18.7 Å². The van der Waals surface area contributed by atoms with Gasteiger partial charge in [0.05, 0.1) is 0 Å². The number of nitrogens with zero attached hydrogens (tertiary/aromatic N) is 1. The zero-order chi connectivity index (χ0) is 15.6. The quantitative estimate of drug-likeness (QED) is 0.828. The van der Waals surface area contributed by atoms with E-state index >= 15 is 0 Å². The number of alkyl halides is 2. The average Bonchev–Trinajstić information content (AvgIpc) is 2.42. The van der Waals surface area contributed by atoms with Gasteiger partial charge in [0.1, 0.15) is 5.82 Å². The second-order valence-electron chi connectivity index (χ2n) is 5.92. The minimum atomic E-state index is -2.64. The molecule has 1 fully saturated rings. The summed E-state index contributed by atoms with van der Waals surface area (Å²) >= 11 is 0. The summed E-state index contributed by atoms with van der Waals surface area (Å²) in [6.45, 7) is 2.02. The van der Waals surface area contributed by atoms with Crippen molar-refractivity contribution in [1.82, 2.24) is 4.90 Å². The lowest BCUT2D eigenvalue weighted by atomic mass is 9.86. The number of benzene rings is 1. The van der Waals surface area contributed by atoms with Crippen LogP contribution in [0.25, 0.3) is 0 Å². The standard InChI is InChI=1S/C16H20F3NO/c1-11-3-4-14(17)13(9-11)10-20(2)15(21)12-5-7-16(18,19)8-6-12/h3-4,9,12H,5-8,10H2,1-2H3. The molecule has 0 radical (unpaired) electrons. The van der Waals surface area contributed by atoms with E-state index in [1.54, 1.807) is 19.2 Å². The highest BCUT2D eigenvalue weighted by molar-refractivity contribution is 5.78. The number of carbonyl (C=O) groups is 1. The molecule has 1 aromatic rings. The Hall–Kier alpha value is -1.52. The Morgan fingerprint density at radius 2 is 1.95 bits per heavy atom.